The maximum Gasteiger partial charge on any atom is 0.357 e. The topological polar surface area (TPSA) is 94.6 Å². The normalized spacial score (nSPS) is 18.2. The summed E-state index contributed by atoms with van der Waals surface area (Å²) in [5, 5.41) is 1.28. The SMILES string of the molecule is COP(=O)(OC)C(c1ccc(Cl)cc1)N1c2ccccc2N(C(c2ccc(Cl)cc2)P(=O)(OC)OC)P1(=O)c1ccccc1. The van der Waals surface area contributed by atoms with Crippen molar-refractivity contribution < 1.29 is 31.8 Å². The average Bonchev–Trinajstić information content (AvgIpc) is 3.31. The third-order valence-electron chi connectivity index (χ3n) is 7.47. The fourth-order valence-corrected chi connectivity index (χ4v) is 13.3. The molecule has 5 rings (SSSR count). The fraction of sp³-hybridized carbons (Fsp3) is 0.200. The van der Waals surface area contributed by atoms with Crippen LogP contribution >= 0.6 is 45.8 Å². The molecule has 0 saturated heterocycles. The Morgan fingerprint density at radius 1 is 0.568 bits per heavy atom. The van der Waals surface area contributed by atoms with Gasteiger partial charge in [-0.05, 0) is 59.7 Å². The lowest BCUT2D eigenvalue weighted by atomic mass is 10.2. The van der Waals surface area contributed by atoms with E-state index in [0.29, 0.717) is 37.9 Å². The molecule has 0 N–H and O–H groups in total. The summed E-state index contributed by atoms with van der Waals surface area (Å²) in [4.78, 5) is 0. The van der Waals surface area contributed by atoms with E-state index in [9.17, 15) is 9.13 Å². The number of hydrogen-bond acceptors (Lipinski definition) is 7. The Morgan fingerprint density at radius 3 is 1.25 bits per heavy atom. The lowest BCUT2D eigenvalue weighted by molar-refractivity contribution is 0.266. The highest BCUT2D eigenvalue weighted by Crippen LogP contribution is 2.79. The van der Waals surface area contributed by atoms with Crippen molar-refractivity contribution in [3.8, 4) is 0 Å². The van der Waals surface area contributed by atoms with Crippen LogP contribution in [0.15, 0.2) is 103 Å². The molecular weight excluding hydrogens is 664 g/mol. The van der Waals surface area contributed by atoms with Crippen molar-refractivity contribution in [1.82, 2.24) is 0 Å². The first kappa shape index (κ1) is 33.0. The highest BCUT2D eigenvalue weighted by atomic mass is 35.5. The molecule has 4 aromatic rings. The van der Waals surface area contributed by atoms with Gasteiger partial charge in [-0.15, -0.1) is 0 Å². The van der Waals surface area contributed by atoms with Crippen molar-refractivity contribution >= 4 is 62.5 Å². The second-order valence-corrected chi connectivity index (χ2v) is 17.7. The van der Waals surface area contributed by atoms with Crippen LogP contribution < -0.4 is 14.6 Å². The molecular formula is C30H31Cl2N2O7P3. The standard InChI is InChI=1S/C30H31Cl2N2O7P3/c1-38-43(36,39-2)29(22-14-18-24(31)19-15-22)33-27-12-8-9-13-28(27)34(42(33,35)26-10-6-5-7-11-26)30(44(37,40-3)41-4)23-16-20-25(32)21-17-23/h5-21,29-30H,1-4H3. The highest BCUT2D eigenvalue weighted by molar-refractivity contribution is 7.76. The zero-order valence-corrected chi connectivity index (χ0v) is 28.5. The number of hydrogen-bond donors (Lipinski definition) is 0. The van der Waals surface area contributed by atoms with Gasteiger partial charge in [0.05, 0.1) is 16.7 Å². The monoisotopic (exact) mass is 694 g/mol. The first-order chi connectivity index (χ1) is 21.1. The summed E-state index contributed by atoms with van der Waals surface area (Å²) in [5.74, 6) is -2.47. The molecule has 0 bridgehead atoms. The van der Waals surface area contributed by atoms with E-state index in [0.717, 1.165) is 0 Å². The number of rotatable bonds is 11. The van der Waals surface area contributed by atoms with Crippen LogP contribution in [0, 0.1) is 0 Å². The third kappa shape index (κ3) is 5.60. The zero-order valence-electron chi connectivity index (χ0n) is 24.3. The average molecular weight is 695 g/mol. The van der Waals surface area contributed by atoms with Gasteiger partial charge in [-0.3, -0.25) is 23.0 Å². The molecule has 2 atom stereocenters. The van der Waals surface area contributed by atoms with Gasteiger partial charge < -0.3 is 18.1 Å². The van der Waals surface area contributed by atoms with E-state index in [1.165, 1.54) is 28.4 Å². The van der Waals surface area contributed by atoms with E-state index in [-0.39, 0.29) is 0 Å². The minimum atomic E-state index is -4.20. The number of benzene rings is 4. The Bertz CT molecular complexity index is 1640. The first-order valence-electron chi connectivity index (χ1n) is 13.4. The largest absolute Gasteiger partial charge is 0.357 e. The predicted octanol–water partition coefficient (Wildman–Crippen LogP) is 9.51. The van der Waals surface area contributed by atoms with Crippen LogP contribution in [-0.4, -0.2) is 28.4 Å². The molecule has 0 aliphatic carbocycles. The van der Waals surface area contributed by atoms with Gasteiger partial charge in [0.15, 0.2) is 11.6 Å². The van der Waals surface area contributed by atoms with Crippen LogP contribution in [0.1, 0.15) is 22.7 Å². The smallest absolute Gasteiger partial charge is 0.310 e. The van der Waals surface area contributed by atoms with Crippen LogP contribution in [0.5, 0.6) is 0 Å². The van der Waals surface area contributed by atoms with Crippen molar-refractivity contribution in [1.29, 1.82) is 0 Å². The number of anilines is 2. The summed E-state index contributed by atoms with van der Waals surface area (Å²) in [7, 11) is -7.26. The van der Waals surface area contributed by atoms with Gasteiger partial charge in [0.2, 0.25) is 0 Å². The molecule has 232 valence electrons. The first-order valence-corrected chi connectivity index (χ1v) is 18.9. The van der Waals surface area contributed by atoms with Gasteiger partial charge in [0, 0.05) is 38.5 Å². The number of fused-ring (bicyclic) bond motifs is 1. The minimum Gasteiger partial charge on any atom is -0.310 e. The molecule has 2 unspecified atom stereocenters. The fourth-order valence-electron chi connectivity index (χ4n) is 5.41. The lowest BCUT2D eigenvalue weighted by Gasteiger charge is -2.42. The molecule has 1 heterocycles. The quantitative estimate of drug-likeness (QED) is 0.142. The molecule has 0 saturated carbocycles. The van der Waals surface area contributed by atoms with Gasteiger partial charge >= 0.3 is 15.2 Å². The third-order valence-corrected chi connectivity index (χ3v) is 15.7. The second kappa shape index (κ2) is 13.1. The number of para-hydroxylation sites is 2. The van der Waals surface area contributed by atoms with Crippen LogP contribution in [0.25, 0.3) is 0 Å². The Labute approximate surface area is 267 Å². The Hall–Kier alpha value is -2.41. The Balaban J connectivity index is 1.92. The summed E-state index contributed by atoms with van der Waals surface area (Å²) < 4.78 is 71.0. The van der Waals surface area contributed by atoms with Gasteiger partial charge in [-0.2, -0.15) is 0 Å². The summed E-state index contributed by atoms with van der Waals surface area (Å²) in [6.45, 7) is 0. The second-order valence-electron chi connectivity index (χ2n) is 9.72. The lowest BCUT2D eigenvalue weighted by Crippen LogP contribution is -2.36. The number of nitrogens with zero attached hydrogens (tertiary/aromatic N) is 2. The van der Waals surface area contributed by atoms with E-state index in [1.54, 1.807) is 112 Å². The van der Waals surface area contributed by atoms with Crippen LogP contribution in [0.3, 0.4) is 0 Å². The highest BCUT2D eigenvalue weighted by Gasteiger charge is 2.60. The molecule has 0 fully saturated rings. The summed E-state index contributed by atoms with van der Waals surface area (Å²) in [5.41, 5.74) is 1.82. The molecule has 9 nitrogen and oxygen atoms in total. The molecule has 44 heavy (non-hydrogen) atoms. The number of halogens is 2. The molecule has 14 heteroatoms. The Kier molecular flexibility index (Phi) is 9.84. The van der Waals surface area contributed by atoms with E-state index in [1.807, 2.05) is 0 Å². The van der Waals surface area contributed by atoms with Crippen molar-refractivity contribution in [3.05, 3.63) is 124 Å². The van der Waals surface area contributed by atoms with Gasteiger partial charge in [0.25, 0.3) is 7.44 Å². The van der Waals surface area contributed by atoms with Crippen LogP contribution in [0.4, 0.5) is 11.4 Å². The maximum absolute atomic E-state index is 16.4. The van der Waals surface area contributed by atoms with Crippen molar-refractivity contribution in [2.24, 2.45) is 0 Å². The van der Waals surface area contributed by atoms with Gasteiger partial charge in [-0.25, -0.2) is 0 Å². The maximum atomic E-state index is 16.4. The summed E-state index contributed by atoms with van der Waals surface area (Å²) in [6, 6.07) is 29.1. The van der Waals surface area contributed by atoms with Crippen LogP contribution in [-0.2, 0) is 31.8 Å². The molecule has 1 aliphatic rings. The van der Waals surface area contributed by atoms with Crippen molar-refractivity contribution in [3.63, 3.8) is 0 Å². The van der Waals surface area contributed by atoms with Crippen molar-refractivity contribution in [2.75, 3.05) is 37.8 Å². The van der Waals surface area contributed by atoms with Gasteiger partial charge in [-0.1, -0.05) is 77.8 Å². The van der Waals surface area contributed by atoms with E-state index < -0.39 is 34.2 Å². The van der Waals surface area contributed by atoms with E-state index >= 15 is 4.57 Å². The van der Waals surface area contributed by atoms with Crippen molar-refractivity contribution in [2.45, 2.75) is 11.6 Å². The molecule has 0 radical (unpaired) electrons. The van der Waals surface area contributed by atoms with Gasteiger partial charge in [0.1, 0.15) is 0 Å². The molecule has 4 aromatic carbocycles. The molecule has 0 aromatic heterocycles. The van der Waals surface area contributed by atoms with E-state index in [4.69, 9.17) is 41.3 Å². The van der Waals surface area contributed by atoms with Crippen LogP contribution in [0.2, 0.25) is 10.0 Å². The molecule has 1 aliphatic heterocycles. The predicted molar refractivity (Wildman–Crippen MR) is 177 cm³/mol. The van der Waals surface area contributed by atoms with E-state index in [2.05, 4.69) is 0 Å². The molecule has 0 spiro atoms. The summed E-state index contributed by atoms with van der Waals surface area (Å²) >= 11 is 12.5. The Morgan fingerprint density at radius 2 is 0.909 bits per heavy atom. The zero-order chi connectivity index (χ0) is 31.7. The summed E-state index contributed by atoms with van der Waals surface area (Å²) in [6.07, 6.45) is 0. The molecule has 0 amide bonds. The minimum absolute atomic E-state index is 0.367.